The van der Waals surface area contributed by atoms with Crippen LogP contribution >= 0.6 is 15.9 Å². The number of fused-ring (bicyclic) bond motifs is 1. The summed E-state index contributed by atoms with van der Waals surface area (Å²) >= 11 is 3.36. The molecule has 0 aliphatic carbocycles. The minimum atomic E-state index is -0.503. The number of anilines is 1. The number of carbonyl (C=O) groups excluding carboxylic acids is 1. The number of halogens is 1. The Balaban J connectivity index is 1.73. The van der Waals surface area contributed by atoms with E-state index in [0.717, 1.165) is 4.47 Å². The maximum atomic E-state index is 12.3. The molecule has 2 aromatic rings. The molecule has 0 radical (unpaired) electrons. The first-order chi connectivity index (χ1) is 11.7. The first-order valence-electron chi connectivity index (χ1n) is 8.15. The number of piperazine rings is 1. The van der Waals surface area contributed by atoms with Crippen LogP contribution in [-0.2, 0) is 4.74 Å². The van der Waals surface area contributed by atoms with Crippen molar-refractivity contribution >= 4 is 33.5 Å². The molecule has 1 aliphatic heterocycles. The number of pyridine rings is 1. The van der Waals surface area contributed by atoms with Crippen LogP contribution in [0.5, 0.6) is 0 Å². The van der Waals surface area contributed by atoms with Gasteiger partial charge in [-0.05, 0) is 48.8 Å². The Labute approximate surface area is 154 Å². The standard InChI is InChI=1S/C17H21BrN4O3/c1-17(2,3)25-16(24)21-8-6-20(7-9-21)14-10-15(23)22-11-12(18)4-5-13(22)19-14/h4-5,10-11H,6-9H2,1-3H3. The van der Waals surface area contributed by atoms with Crippen LogP contribution in [0.15, 0.2) is 33.7 Å². The Kier molecular flexibility index (Phi) is 4.73. The molecule has 0 unspecified atom stereocenters. The second-order valence-electron chi connectivity index (χ2n) is 6.98. The monoisotopic (exact) mass is 408 g/mol. The average molecular weight is 409 g/mol. The first kappa shape index (κ1) is 17.7. The number of nitrogens with zero attached hydrogens (tertiary/aromatic N) is 4. The van der Waals surface area contributed by atoms with E-state index >= 15 is 0 Å². The number of amides is 1. The van der Waals surface area contributed by atoms with Crippen molar-refractivity contribution in [2.75, 3.05) is 31.1 Å². The lowest BCUT2D eigenvalue weighted by molar-refractivity contribution is 0.0240. The lowest BCUT2D eigenvalue weighted by Crippen LogP contribution is -2.50. The van der Waals surface area contributed by atoms with Gasteiger partial charge in [0.1, 0.15) is 17.1 Å². The molecule has 3 rings (SSSR count). The number of rotatable bonds is 1. The molecule has 0 aromatic carbocycles. The summed E-state index contributed by atoms with van der Waals surface area (Å²) < 4.78 is 7.73. The van der Waals surface area contributed by atoms with Gasteiger partial charge in [-0.2, -0.15) is 0 Å². The van der Waals surface area contributed by atoms with Gasteiger partial charge in [-0.3, -0.25) is 9.20 Å². The molecule has 0 spiro atoms. The van der Waals surface area contributed by atoms with E-state index in [-0.39, 0.29) is 11.7 Å². The lowest BCUT2D eigenvalue weighted by Gasteiger charge is -2.36. The molecule has 1 aliphatic rings. The summed E-state index contributed by atoms with van der Waals surface area (Å²) in [6, 6.07) is 5.18. The highest BCUT2D eigenvalue weighted by Crippen LogP contribution is 2.17. The smallest absolute Gasteiger partial charge is 0.410 e. The SMILES string of the molecule is CC(C)(C)OC(=O)N1CCN(c2cc(=O)n3cc(Br)ccc3n2)CC1. The van der Waals surface area contributed by atoms with Crippen LogP contribution in [0, 0.1) is 0 Å². The Morgan fingerprint density at radius 3 is 2.52 bits per heavy atom. The van der Waals surface area contributed by atoms with E-state index in [0.29, 0.717) is 37.6 Å². The van der Waals surface area contributed by atoms with Gasteiger partial charge in [-0.15, -0.1) is 0 Å². The number of hydrogen-bond donors (Lipinski definition) is 0. The summed E-state index contributed by atoms with van der Waals surface area (Å²) in [5.41, 5.74) is -0.0343. The molecule has 1 saturated heterocycles. The second kappa shape index (κ2) is 6.67. The van der Waals surface area contributed by atoms with E-state index in [1.54, 1.807) is 17.2 Å². The Hall–Kier alpha value is -2.09. The van der Waals surface area contributed by atoms with Crippen molar-refractivity contribution in [3.63, 3.8) is 0 Å². The average Bonchev–Trinajstić information content (AvgIpc) is 2.54. The van der Waals surface area contributed by atoms with Gasteiger partial charge in [0.2, 0.25) is 0 Å². The van der Waals surface area contributed by atoms with Crippen LogP contribution in [-0.4, -0.2) is 52.2 Å². The summed E-state index contributed by atoms with van der Waals surface area (Å²) in [6.07, 6.45) is 1.40. The largest absolute Gasteiger partial charge is 0.444 e. The molecule has 0 atom stereocenters. The van der Waals surface area contributed by atoms with Crippen LogP contribution in [0.25, 0.3) is 5.65 Å². The molecule has 8 heteroatoms. The summed E-state index contributed by atoms with van der Waals surface area (Å²) in [4.78, 5) is 32.7. The molecule has 7 nitrogen and oxygen atoms in total. The fraction of sp³-hybridized carbons (Fsp3) is 0.471. The predicted octanol–water partition coefficient (Wildman–Crippen LogP) is 2.51. The van der Waals surface area contributed by atoms with Gasteiger partial charge in [0, 0.05) is 42.9 Å². The summed E-state index contributed by atoms with van der Waals surface area (Å²) in [6.45, 7) is 7.85. The van der Waals surface area contributed by atoms with Crippen molar-refractivity contribution in [1.29, 1.82) is 0 Å². The zero-order valence-corrected chi connectivity index (χ0v) is 16.1. The first-order valence-corrected chi connectivity index (χ1v) is 8.94. The van der Waals surface area contributed by atoms with Crippen molar-refractivity contribution in [2.24, 2.45) is 0 Å². The van der Waals surface area contributed by atoms with Crippen molar-refractivity contribution in [2.45, 2.75) is 26.4 Å². The minimum absolute atomic E-state index is 0.129. The second-order valence-corrected chi connectivity index (χ2v) is 7.90. The van der Waals surface area contributed by atoms with Crippen LogP contribution in [0.1, 0.15) is 20.8 Å². The van der Waals surface area contributed by atoms with E-state index in [1.807, 2.05) is 31.7 Å². The fourth-order valence-electron chi connectivity index (χ4n) is 2.67. The Morgan fingerprint density at radius 1 is 1.20 bits per heavy atom. The quantitative estimate of drug-likeness (QED) is 0.724. The van der Waals surface area contributed by atoms with E-state index in [2.05, 4.69) is 20.9 Å². The van der Waals surface area contributed by atoms with Gasteiger partial charge >= 0.3 is 6.09 Å². The summed E-state index contributed by atoms with van der Waals surface area (Å²) in [5.74, 6) is 0.635. The molecule has 134 valence electrons. The molecular formula is C17H21BrN4O3. The van der Waals surface area contributed by atoms with Gasteiger partial charge in [0.25, 0.3) is 5.56 Å². The summed E-state index contributed by atoms with van der Waals surface area (Å²) in [7, 11) is 0. The zero-order valence-electron chi connectivity index (χ0n) is 14.5. The molecule has 2 aromatic heterocycles. The van der Waals surface area contributed by atoms with Gasteiger partial charge in [-0.1, -0.05) is 0 Å². The Bertz CT molecular complexity index is 851. The van der Waals surface area contributed by atoms with Crippen LogP contribution < -0.4 is 10.5 Å². The highest BCUT2D eigenvalue weighted by atomic mass is 79.9. The molecule has 0 bridgehead atoms. The van der Waals surface area contributed by atoms with Crippen molar-refractivity contribution in [1.82, 2.24) is 14.3 Å². The number of ether oxygens (including phenoxy) is 1. The maximum absolute atomic E-state index is 12.3. The molecule has 0 N–H and O–H groups in total. The van der Waals surface area contributed by atoms with Crippen molar-refractivity contribution < 1.29 is 9.53 Å². The van der Waals surface area contributed by atoms with Crippen molar-refractivity contribution in [3.05, 3.63) is 39.2 Å². The van der Waals surface area contributed by atoms with Gasteiger partial charge < -0.3 is 14.5 Å². The third-order valence-corrected chi connectivity index (χ3v) is 4.33. The maximum Gasteiger partial charge on any atom is 0.410 e. The van der Waals surface area contributed by atoms with E-state index in [1.165, 1.54) is 10.5 Å². The molecule has 3 heterocycles. The molecular weight excluding hydrogens is 388 g/mol. The molecule has 0 saturated carbocycles. The highest BCUT2D eigenvalue weighted by molar-refractivity contribution is 9.10. The summed E-state index contributed by atoms with van der Waals surface area (Å²) in [5, 5.41) is 0. The third-order valence-electron chi connectivity index (χ3n) is 3.87. The van der Waals surface area contributed by atoms with E-state index < -0.39 is 5.60 Å². The van der Waals surface area contributed by atoms with Gasteiger partial charge in [-0.25, -0.2) is 9.78 Å². The Morgan fingerprint density at radius 2 is 1.88 bits per heavy atom. The molecule has 1 amide bonds. The van der Waals surface area contributed by atoms with Crippen LogP contribution in [0.4, 0.5) is 10.6 Å². The minimum Gasteiger partial charge on any atom is -0.444 e. The number of aromatic nitrogens is 2. The van der Waals surface area contributed by atoms with E-state index in [4.69, 9.17) is 4.74 Å². The number of hydrogen-bond acceptors (Lipinski definition) is 5. The normalized spacial score (nSPS) is 15.5. The van der Waals surface area contributed by atoms with Gasteiger partial charge in [0.05, 0.1) is 0 Å². The van der Waals surface area contributed by atoms with Crippen LogP contribution in [0.2, 0.25) is 0 Å². The van der Waals surface area contributed by atoms with E-state index in [9.17, 15) is 9.59 Å². The number of carbonyl (C=O) groups is 1. The van der Waals surface area contributed by atoms with Crippen LogP contribution in [0.3, 0.4) is 0 Å². The molecule has 25 heavy (non-hydrogen) atoms. The fourth-order valence-corrected chi connectivity index (χ4v) is 3.01. The topological polar surface area (TPSA) is 67.2 Å². The van der Waals surface area contributed by atoms with Crippen molar-refractivity contribution in [3.8, 4) is 0 Å². The lowest BCUT2D eigenvalue weighted by atomic mass is 10.2. The van der Waals surface area contributed by atoms with Gasteiger partial charge in [0.15, 0.2) is 0 Å². The third kappa shape index (κ3) is 4.12. The molecule has 1 fully saturated rings. The predicted molar refractivity (Wildman–Crippen MR) is 99.2 cm³/mol. The highest BCUT2D eigenvalue weighted by Gasteiger charge is 2.26. The zero-order chi connectivity index (χ0) is 18.2.